The molecule has 0 fully saturated rings. The maximum Gasteiger partial charge on any atom is 0.267 e. The minimum absolute atomic E-state index is 0.000570. The standard InChI is InChI=1S/C22H19ClN6O3S/c1-13-20(12-25-32-13)33(30,31)29-19-8-7-17-10-15(19)6-5-14-3-2-4-16(9-14)27-22-24-11-18(23)21(26-17)28-22/h2-4,7-12,29H,5-6H2,1H3,(H2,24,26,27,28). The largest absolute Gasteiger partial charge is 0.360 e. The fourth-order valence-electron chi connectivity index (χ4n) is 3.59. The number of hydrogen-bond acceptors (Lipinski definition) is 8. The normalized spacial score (nSPS) is 13.0. The summed E-state index contributed by atoms with van der Waals surface area (Å²) in [6.45, 7) is 1.55. The maximum absolute atomic E-state index is 12.9. The molecule has 0 spiro atoms. The SMILES string of the molecule is Cc1oncc1S(=O)(=O)Nc1ccc2cc1CCc1cccc(c1)Nc1ncc(Cl)c(n1)N2. The number of aromatic nitrogens is 3. The third kappa shape index (κ3) is 4.48. The van der Waals surface area contributed by atoms with Crippen molar-refractivity contribution in [3.63, 3.8) is 0 Å². The Labute approximate surface area is 195 Å². The van der Waals surface area contributed by atoms with Gasteiger partial charge in [0.05, 0.1) is 18.1 Å². The molecule has 9 nitrogen and oxygen atoms in total. The molecule has 11 heteroatoms. The van der Waals surface area contributed by atoms with Crippen LogP contribution in [0, 0.1) is 6.92 Å². The Hall–Kier alpha value is -3.63. The molecule has 0 aliphatic carbocycles. The number of fused-ring (bicyclic) bond motifs is 6. The molecule has 2 aromatic heterocycles. The molecule has 2 aromatic carbocycles. The average Bonchev–Trinajstić information content (AvgIpc) is 3.23. The number of sulfonamides is 1. The van der Waals surface area contributed by atoms with Crippen molar-refractivity contribution in [2.45, 2.75) is 24.7 Å². The average molecular weight is 483 g/mol. The summed E-state index contributed by atoms with van der Waals surface area (Å²) in [6, 6.07) is 13.2. The first-order valence-electron chi connectivity index (χ1n) is 10.1. The minimum atomic E-state index is -3.86. The summed E-state index contributed by atoms with van der Waals surface area (Å²) in [4.78, 5) is 8.72. The molecular formula is C22H19ClN6O3S. The van der Waals surface area contributed by atoms with E-state index in [1.165, 1.54) is 12.4 Å². The van der Waals surface area contributed by atoms with E-state index in [4.69, 9.17) is 16.1 Å². The zero-order chi connectivity index (χ0) is 23.0. The molecule has 33 heavy (non-hydrogen) atoms. The van der Waals surface area contributed by atoms with Crippen molar-refractivity contribution in [1.82, 2.24) is 15.1 Å². The molecule has 0 saturated carbocycles. The van der Waals surface area contributed by atoms with E-state index in [1.54, 1.807) is 19.1 Å². The Bertz CT molecular complexity index is 1450. The van der Waals surface area contributed by atoms with Crippen LogP contribution in [0.5, 0.6) is 0 Å². The molecule has 5 rings (SSSR count). The van der Waals surface area contributed by atoms with E-state index in [9.17, 15) is 8.42 Å². The van der Waals surface area contributed by atoms with Gasteiger partial charge in [0.15, 0.2) is 11.6 Å². The number of rotatable bonds is 3. The Morgan fingerprint density at radius 3 is 2.73 bits per heavy atom. The van der Waals surface area contributed by atoms with Gasteiger partial charge >= 0.3 is 0 Å². The van der Waals surface area contributed by atoms with E-state index >= 15 is 0 Å². The van der Waals surface area contributed by atoms with Gasteiger partial charge in [-0.05, 0) is 61.2 Å². The van der Waals surface area contributed by atoms with Crippen LogP contribution in [0.25, 0.3) is 0 Å². The van der Waals surface area contributed by atoms with Gasteiger partial charge in [0, 0.05) is 11.4 Å². The van der Waals surface area contributed by atoms with Gasteiger partial charge in [0.2, 0.25) is 5.95 Å². The van der Waals surface area contributed by atoms with Crippen molar-refractivity contribution in [3.8, 4) is 0 Å². The molecule has 0 radical (unpaired) electrons. The Balaban J connectivity index is 1.57. The van der Waals surface area contributed by atoms with Crippen LogP contribution in [0.15, 0.2) is 64.3 Å². The summed E-state index contributed by atoms with van der Waals surface area (Å²) >= 11 is 6.30. The lowest BCUT2D eigenvalue weighted by Gasteiger charge is -2.15. The fourth-order valence-corrected chi connectivity index (χ4v) is 4.92. The molecule has 4 aromatic rings. The predicted molar refractivity (Wildman–Crippen MR) is 126 cm³/mol. The van der Waals surface area contributed by atoms with Crippen LogP contribution in [-0.2, 0) is 22.9 Å². The van der Waals surface area contributed by atoms with Crippen LogP contribution in [0.1, 0.15) is 16.9 Å². The van der Waals surface area contributed by atoms with Crippen LogP contribution in [-0.4, -0.2) is 23.5 Å². The molecule has 3 N–H and O–H groups in total. The Morgan fingerprint density at radius 1 is 1.06 bits per heavy atom. The van der Waals surface area contributed by atoms with Crippen LogP contribution < -0.4 is 15.4 Å². The summed E-state index contributed by atoms with van der Waals surface area (Å²) in [5, 5.41) is 10.3. The second-order valence-corrected chi connectivity index (χ2v) is 9.62. The summed E-state index contributed by atoms with van der Waals surface area (Å²) < 4.78 is 33.4. The molecule has 0 atom stereocenters. The van der Waals surface area contributed by atoms with Gasteiger partial charge in [-0.2, -0.15) is 4.98 Å². The van der Waals surface area contributed by atoms with Crippen LogP contribution in [0.4, 0.5) is 28.8 Å². The quantitative estimate of drug-likeness (QED) is 0.380. The smallest absolute Gasteiger partial charge is 0.267 e. The lowest BCUT2D eigenvalue weighted by molar-refractivity contribution is 0.394. The monoisotopic (exact) mass is 482 g/mol. The Morgan fingerprint density at radius 2 is 1.91 bits per heavy atom. The minimum Gasteiger partial charge on any atom is -0.360 e. The van der Waals surface area contributed by atoms with Crippen molar-refractivity contribution >= 4 is 50.5 Å². The zero-order valence-electron chi connectivity index (χ0n) is 17.5. The van der Waals surface area contributed by atoms with E-state index < -0.39 is 10.0 Å². The Kier molecular flexibility index (Phi) is 5.39. The molecule has 0 unspecified atom stereocenters. The number of nitrogens with zero attached hydrogens (tertiary/aromatic N) is 3. The third-order valence-electron chi connectivity index (χ3n) is 5.22. The number of halogens is 1. The number of benzene rings is 2. The lowest BCUT2D eigenvalue weighted by Crippen LogP contribution is -2.15. The van der Waals surface area contributed by atoms with Crippen LogP contribution in [0.3, 0.4) is 0 Å². The highest BCUT2D eigenvalue weighted by Gasteiger charge is 2.22. The summed E-state index contributed by atoms with van der Waals surface area (Å²) in [5.74, 6) is 1.06. The second kappa shape index (κ2) is 8.38. The van der Waals surface area contributed by atoms with Crippen molar-refractivity contribution in [3.05, 3.63) is 76.8 Å². The summed E-state index contributed by atoms with van der Waals surface area (Å²) in [7, 11) is -3.86. The number of nitrogens with one attached hydrogen (secondary N) is 3. The third-order valence-corrected chi connectivity index (χ3v) is 6.96. The van der Waals surface area contributed by atoms with E-state index in [0.29, 0.717) is 41.0 Å². The van der Waals surface area contributed by atoms with Crippen molar-refractivity contribution in [2.75, 3.05) is 15.4 Å². The van der Waals surface area contributed by atoms with Gasteiger partial charge in [-0.3, -0.25) is 4.72 Å². The number of aryl methyl sites for hydroxylation is 3. The van der Waals surface area contributed by atoms with Gasteiger partial charge < -0.3 is 15.2 Å². The highest BCUT2D eigenvalue weighted by Crippen LogP contribution is 2.30. The molecule has 3 heterocycles. The van der Waals surface area contributed by atoms with Gasteiger partial charge in [-0.1, -0.05) is 28.9 Å². The van der Waals surface area contributed by atoms with Crippen molar-refractivity contribution in [1.29, 1.82) is 0 Å². The zero-order valence-corrected chi connectivity index (χ0v) is 19.0. The van der Waals surface area contributed by atoms with E-state index in [1.807, 2.05) is 30.3 Å². The van der Waals surface area contributed by atoms with E-state index in [2.05, 4.69) is 30.5 Å². The molecule has 0 saturated heterocycles. The van der Waals surface area contributed by atoms with Gasteiger partial charge in [0.25, 0.3) is 10.0 Å². The highest BCUT2D eigenvalue weighted by molar-refractivity contribution is 7.92. The van der Waals surface area contributed by atoms with Crippen LogP contribution >= 0.6 is 11.6 Å². The first-order chi connectivity index (χ1) is 15.9. The lowest BCUT2D eigenvalue weighted by atomic mass is 10.0. The molecule has 1 aliphatic heterocycles. The molecule has 0 amide bonds. The van der Waals surface area contributed by atoms with Crippen molar-refractivity contribution in [2.24, 2.45) is 0 Å². The molecule has 6 bridgehead atoms. The fraction of sp³-hybridized carbons (Fsp3) is 0.136. The first-order valence-corrected chi connectivity index (χ1v) is 12.0. The second-order valence-electron chi connectivity index (χ2n) is 7.56. The van der Waals surface area contributed by atoms with Gasteiger partial charge in [-0.25, -0.2) is 13.4 Å². The molecule has 1 aliphatic rings. The number of anilines is 5. The van der Waals surface area contributed by atoms with Gasteiger partial charge in [0.1, 0.15) is 9.92 Å². The first kappa shape index (κ1) is 21.2. The summed E-state index contributed by atoms with van der Waals surface area (Å²) in [5.41, 5.74) is 3.91. The highest BCUT2D eigenvalue weighted by atomic mass is 35.5. The molecular weight excluding hydrogens is 464 g/mol. The van der Waals surface area contributed by atoms with Crippen LogP contribution in [0.2, 0.25) is 5.02 Å². The van der Waals surface area contributed by atoms with Crippen molar-refractivity contribution < 1.29 is 12.9 Å². The molecule has 168 valence electrons. The summed E-state index contributed by atoms with van der Waals surface area (Å²) in [6.07, 6.45) is 4.00. The topological polar surface area (TPSA) is 122 Å². The number of hydrogen-bond donors (Lipinski definition) is 3. The van der Waals surface area contributed by atoms with E-state index in [0.717, 1.165) is 16.8 Å². The van der Waals surface area contributed by atoms with E-state index in [-0.39, 0.29) is 10.7 Å². The van der Waals surface area contributed by atoms with Gasteiger partial charge in [-0.15, -0.1) is 0 Å². The maximum atomic E-state index is 12.9. The predicted octanol–water partition coefficient (Wildman–Crippen LogP) is 4.81.